The highest BCUT2D eigenvalue weighted by Gasteiger charge is 2.32. The number of aromatic amines is 1. The summed E-state index contributed by atoms with van der Waals surface area (Å²) in [5, 5.41) is 10.00. The van der Waals surface area contributed by atoms with Gasteiger partial charge in [0.2, 0.25) is 0 Å². The van der Waals surface area contributed by atoms with Crippen LogP contribution in [0.4, 0.5) is 0 Å². The summed E-state index contributed by atoms with van der Waals surface area (Å²) in [6.45, 7) is 1.92. The van der Waals surface area contributed by atoms with Gasteiger partial charge >= 0.3 is 5.97 Å². The number of carboxylic acids is 1. The molecule has 0 spiro atoms. The Morgan fingerprint density at radius 3 is 3.15 bits per heavy atom. The Kier molecular flexibility index (Phi) is 3.33. The van der Waals surface area contributed by atoms with E-state index in [1.807, 2.05) is 6.92 Å². The van der Waals surface area contributed by atoms with E-state index in [-0.39, 0.29) is 17.4 Å². The van der Waals surface area contributed by atoms with Crippen molar-refractivity contribution < 1.29 is 9.90 Å². The third-order valence-corrected chi connectivity index (χ3v) is 5.38. The van der Waals surface area contributed by atoms with Crippen LogP contribution in [0.25, 0.3) is 10.2 Å². The Morgan fingerprint density at radius 1 is 1.65 bits per heavy atom. The van der Waals surface area contributed by atoms with Crippen LogP contribution in [0.5, 0.6) is 0 Å². The van der Waals surface area contributed by atoms with Gasteiger partial charge in [0, 0.05) is 4.88 Å². The van der Waals surface area contributed by atoms with Crippen molar-refractivity contribution in [2.24, 2.45) is 11.8 Å². The largest absolute Gasteiger partial charge is 0.481 e. The maximum absolute atomic E-state index is 11.9. The van der Waals surface area contributed by atoms with Gasteiger partial charge in [-0.05, 0) is 37.2 Å². The number of hydrogen-bond acceptors (Lipinski definition) is 4. The number of thiophene rings is 1. The van der Waals surface area contributed by atoms with Gasteiger partial charge in [-0.2, -0.15) is 0 Å². The van der Waals surface area contributed by atoms with E-state index in [4.69, 9.17) is 0 Å². The summed E-state index contributed by atoms with van der Waals surface area (Å²) in [7, 11) is 0. The fourth-order valence-electron chi connectivity index (χ4n) is 3.20. The van der Waals surface area contributed by atoms with E-state index in [0.717, 1.165) is 34.5 Å². The third kappa shape index (κ3) is 2.04. The number of carboxylic acid groups (broad SMARTS) is 1. The van der Waals surface area contributed by atoms with E-state index < -0.39 is 5.97 Å². The minimum Gasteiger partial charge on any atom is -0.481 e. The van der Waals surface area contributed by atoms with Crippen molar-refractivity contribution >= 4 is 27.5 Å². The Labute approximate surface area is 119 Å². The molecule has 106 valence electrons. The molecule has 3 rings (SSSR count). The maximum Gasteiger partial charge on any atom is 0.306 e. The number of nitrogens with one attached hydrogen (secondary N) is 1. The normalized spacial score (nSPS) is 19.8. The van der Waals surface area contributed by atoms with Gasteiger partial charge in [0.15, 0.2) is 0 Å². The Morgan fingerprint density at radius 2 is 2.45 bits per heavy atom. The molecule has 6 heteroatoms. The van der Waals surface area contributed by atoms with Crippen molar-refractivity contribution in [3.8, 4) is 0 Å². The number of aromatic nitrogens is 2. The van der Waals surface area contributed by atoms with Crippen molar-refractivity contribution in [1.29, 1.82) is 0 Å². The van der Waals surface area contributed by atoms with Crippen molar-refractivity contribution in [3.63, 3.8) is 0 Å². The molecule has 1 aliphatic carbocycles. The quantitative estimate of drug-likeness (QED) is 0.908. The summed E-state index contributed by atoms with van der Waals surface area (Å²) in [5.41, 5.74) is 0.993. The lowest BCUT2D eigenvalue weighted by atomic mass is 9.78. The van der Waals surface area contributed by atoms with Crippen LogP contribution in [-0.2, 0) is 17.6 Å². The molecular formula is C14H16N2O3S. The number of nitrogens with zero attached hydrogens (tertiary/aromatic N) is 1. The Bertz CT molecular complexity index is 719. The molecule has 2 aromatic heterocycles. The van der Waals surface area contributed by atoms with Gasteiger partial charge in [-0.15, -0.1) is 11.3 Å². The SMILES string of the molecule is CCC(C(=O)O)C1CCc2c(sc3nc[nH]c(=O)c23)C1. The summed E-state index contributed by atoms with van der Waals surface area (Å²) in [6.07, 6.45) is 4.44. The summed E-state index contributed by atoms with van der Waals surface area (Å²) >= 11 is 1.53. The highest BCUT2D eigenvalue weighted by molar-refractivity contribution is 7.18. The molecule has 0 saturated carbocycles. The lowest BCUT2D eigenvalue weighted by molar-refractivity contribution is -0.144. The molecule has 0 fully saturated rings. The van der Waals surface area contributed by atoms with E-state index in [2.05, 4.69) is 9.97 Å². The van der Waals surface area contributed by atoms with Crippen LogP contribution in [0.2, 0.25) is 0 Å². The molecule has 20 heavy (non-hydrogen) atoms. The van der Waals surface area contributed by atoms with Gasteiger partial charge < -0.3 is 10.1 Å². The first-order valence-corrected chi connectivity index (χ1v) is 7.64. The zero-order chi connectivity index (χ0) is 14.3. The number of fused-ring (bicyclic) bond motifs is 3. The summed E-state index contributed by atoms with van der Waals surface area (Å²) in [5.74, 6) is -0.838. The van der Waals surface area contributed by atoms with Gasteiger partial charge in [0.05, 0.1) is 17.6 Å². The van der Waals surface area contributed by atoms with Crippen LogP contribution in [0.1, 0.15) is 30.2 Å². The predicted octanol–water partition coefficient (Wildman–Crippen LogP) is 2.20. The second-order valence-electron chi connectivity index (χ2n) is 5.27. The summed E-state index contributed by atoms with van der Waals surface area (Å²) in [6, 6.07) is 0. The van der Waals surface area contributed by atoms with E-state index in [9.17, 15) is 14.7 Å². The molecule has 0 radical (unpaired) electrons. The van der Waals surface area contributed by atoms with Crippen molar-refractivity contribution in [3.05, 3.63) is 27.1 Å². The van der Waals surface area contributed by atoms with Gasteiger partial charge in [-0.3, -0.25) is 9.59 Å². The molecular weight excluding hydrogens is 276 g/mol. The van der Waals surface area contributed by atoms with Crippen LogP contribution in [0.3, 0.4) is 0 Å². The highest BCUT2D eigenvalue weighted by Crippen LogP contribution is 2.38. The van der Waals surface area contributed by atoms with Crippen LogP contribution < -0.4 is 5.56 Å². The smallest absolute Gasteiger partial charge is 0.306 e. The Balaban J connectivity index is 2.00. The molecule has 2 unspecified atom stereocenters. The molecule has 5 nitrogen and oxygen atoms in total. The van der Waals surface area contributed by atoms with Gasteiger partial charge in [0.25, 0.3) is 5.56 Å². The highest BCUT2D eigenvalue weighted by atomic mass is 32.1. The fourth-order valence-corrected chi connectivity index (χ4v) is 4.48. The first kappa shape index (κ1) is 13.3. The fraction of sp³-hybridized carbons (Fsp3) is 0.500. The molecule has 0 aromatic carbocycles. The zero-order valence-corrected chi connectivity index (χ0v) is 12.0. The van der Waals surface area contributed by atoms with E-state index >= 15 is 0 Å². The lowest BCUT2D eigenvalue weighted by Crippen LogP contribution is -2.27. The van der Waals surface area contributed by atoms with Crippen LogP contribution in [0, 0.1) is 11.8 Å². The molecule has 0 bridgehead atoms. The number of aliphatic carboxylic acids is 1. The third-order valence-electron chi connectivity index (χ3n) is 4.22. The van der Waals surface area contributed by atoms with Crippen molar-refractivity contribution in [2.45, 2.75) is 32.6 Å². The van der Waals surface area contributed by atoms with Crippen LogP contribution >= 0.6 is 11.3 Å². The average molecular weight is 292 g/mol. The zero-order valence-electron chi connectivity index (χ0n) is 11.2. The number of hydrogen-bond donors (Lipinski definition) is 2. The second kappa shape index (κ2) is 5.01. The van der Waals surface area contributed by atoms with Crippen LogP contribution in [0.15, 0.2) is 11.1 Å². The summed E-state index contributed by atoms with van der Waals surface area (Å²) < 4.78 is 0. The molecule has 0 saturated heterocycles. The number of carbonyl (C=O) groups is 1. The lowest BCUT2D eigenvalue weighted by Gasteiger charge is -2.26. The minimum absolute atomic E-state index is 0.0868. The first-order chi connectivity index (χ1) is 9.61. The molecule has 2 heterocycles. The van der Waals surface area contributed by atoms with Gasteiger partial charge in [0.1, 0.15) is 4.83 Å². The standard InChI is InChI=1S/C14H16N2O3S/c1-2-8(14(18)19)7-3-4-9-10(5-7)20-13-11(9)12(17)15-6-16-13/h6-8H,2-5H2,1H3,(H,18,19)(H,15,16,17). The number of aryl methyl sites for hydroxylation is 1. The molecule has 1 aliphatic rings. The number of rotatable bonds is 3. The maximum atomic E-state index is 11.9. The topological polar surface area (TPSA) is 83.0 Å². The molecule has 2 aromatic rings. The van der Waals surface area contributed by atoms with Crippen LogP contribution in [-0.4, -0.2) is 21.0 Å². The second-order valence-corrected chi connectivity index (χ2v) is 6.36. The monoisotopic (exact) mass is 292 g/mol. The average Bonchev–Trinajstić information content (AvgIpc) is 2.78. The Hall–Kier alpha value is -1.69. The predicted molar refractivity (Wildman–Crippen MR) is 77.2 cm³/mol. The van der Waals surface area contributed by atoms with E-state index in [0.29, 0.717) is 11.8 Å². The van der Waals surface area contributed by atoms with Crippen molar-refractivity contribution in [1.82, 2.24) is 9.97 Å². The van der Waals surface area contributed by atoms with Crippen molar-refractivity contribution in [2.75, 3.05) is 0 Å². The summed E-state index contributed by atoms with van der Waals surface area (Å²) in [4.78, 5) is 32.0. The molecule has 2 N–H and O–H groups in total. The van der Waals surface area contributed by atoms with E-state index in [1.54, 1.807) is 0 Å². The molecule has 0 amide bonds. The molecule has 2 atom stereocenters. The van der Waals surface area contributed by atoms with Gasteiger partial charge in [-0.1, -0.05) is 6.92 Å². The minimum atomic E-state index is -0.710. The number of H-pyrrole nitrogens is 1. The molecule has 0 aliphatic heterocycles. The van der Waals surface area contributed by atoms with E-state index in [1.165, 1.54) is 17.7 Å². The first-order valence-electron chi connectivity index (χ1n) is 6.82. The van der Waals surface area contributed by atoms with Gasteiger partial charge in [-0.25, -0.2) is 4.98 Å².